The zero-order valence-corrected chi connectivity index (χ0v) is 18.6. The number of aromatic amines is 1. The Morgan fingerprint density at radius 1 is 0.941 bits per heavy atom. The molecule has 0 atom stereocenters. The first-order valence-electron chi connectivity index (χ1n) is 10.2. The molecule has 8 heteroatoms. The highest BCUT2D eigenvalue weighted by Gasteiger charge is 2.37. The van der Waals surface area contributed by atoms with Crippen LogP contribution in [0.1, 0.15) is 30.7 Å². The van der Waals surface area contributed by atoms with Crippen LogP contribution in [0.3, 0.4) is 0 Å². The summed E-state index contributed by atoms with van der Waals surface area (Å²) >= 11 is 6.22. The lowest BCUT2D eigenvalue weighted by Gasteiger charge is -2.31. The SMILES string of the molecule is CC1(C)Oc2cc(C#Cc3c(F)cc(F)cc3F)ccc2-c2[nH]c(-c3c(F)cccc3Cl)nc21. The minimum absolute atomic E-state index is 0.154. The summed E-state index contributed by atoms with van der Waals surface area (Å²) < 4.78 is 61.5. The molecular formula is C26H15ClF4N2O. The number of halogens is 5. The molecular weight excluding hydrogens is 468 g/mol. The van der Waals surface area contributed by atoms with Crippen LogP contribution < -0.4 is 4.74 Å². The molecule has 1 N–H and O–H groups in total. The number of imidazole rings is 1. The molecule has 1 aliphatic heterocycles. The minimum Gasteiger partial charge on any atom is -0.481 e. The third-order valence-electron chi connectivity index (χ3n) is 5.43. The highest BCUT2D eigenvalue weighted by atomic mass is 35.5. The van der Waals surface area contributed by atoms with Gasteiger partial charge in [0.05, 0.1) is 21.8 Å². The van der Waals surface area contributed by atoms with Gasteiger partial charge in [-0.2, -0.15) is 0 Å². The lowest BCUT2D eigenvalue weighted by atomic mass is 9.94. The standard InChI is InChI=1S/C26H15ClF4N2O/c1-26(2)24-23(32-25(33-24)22-17(27)4-3-5-18(22)29)16-9-7-13(10-21(16)34-26)6-8-15-19(30)11-14(28)12-20(15)31/h3-5,7,9-12H,1-2H3,(H,32,33). The summed E-state index contributed by atoms with van der Waals surface area (Å²) in [6, 6.07) is 10.5. The minimum atomic E-state index is -1.08. The molecule has 0 fully saturated rings. The van der Waals surface area contributed by atoms with Crippen LogP contribution in [0, 0.1) is 35.1 Å². The topological polar surface area (TPSA) is 37.9 Å². The monoisotopic (exact) mass is 482 g/mol. The Morgan fingerprint density at radius 3 is 2.38 bits per heavy atom. The van der Waals surface area contributed by atoms with Gasteiger partial charge in [0, 0.05) is 23.3 Å². The van der Waals surface area contributed by atoms with E-state index < -0.39 is 34.4 Å². The molecule has 34 heavy (non-hydrogen) atoms. The van der Waals surface area contributed by atoms with Crippen LogP contribution in [-0.2, 0) is 5.60 Å². The fourth-order valence-corrected chi connectivity index (χ4v) is 4.11. The van der Waals surface area contributed by atoms with Crippen molar-refractivity contribution in [3.8, 4) is 40.2 Å². The maximum atomic E-state index is 14.5. The molecule has 0 amide bonds. The van der Waals surface area contributed by atoms with Crippen molar-refractivity contribution in [1.29, 1.82) is 0 Å². The molecule has 0 radical (unpaired) electrons. The summed E-state index contributed by atoms with van der Waals surface area (Å²) in [4.78, 5) is 7.73. The van der Waals surface area contributed by atoms with Crippen molar-refractivity contribution in [1.82, 2.24) is 9.97 Å². The third-order valence-corrected chi connectivity index (χ3v) is 5.74. The molecule has 3 aromatic carbocycles. The Labute approximate surface area is 197 Å². The van der Waals surface area contributed by atoms with E-state index in [1.54, 1.807) is 24.3 Å². The second-order valence-electron chi connectivity index (χ2n) is 8.22. The summed E-state index contributed by atoms with van der Waals surface area (Å²) in [6.07, 6.45) is 0. The average Bonchev–Trinajstić information content (AvgIpc) is 3.19. The Kier molecular flexibility index (Phi) is 5.14. The predicted octanol–water partition coefficient (Wildman–Crippen LogP) is 6.98. The van der Waals surface area contributed by atoms with Crippen LogP contribution in [0.2, 0.25) is 5.02 Å². The zero-order valence-electron chi connectivity index (χ0n) is 17.9. The lowest BCUT2D eigenvalue weighted by molar-refractivity contribution is 0.101. The third kappa shape index (κ3) is 3.70. The van der Waals surface area contributed by atoms with E-state index >= 15 is 0 Å². The molecule has 3 nitrogen and oxygen atoms in total. The number of benzene rings is 3. The van der Waals surface area contributed by atoms with E-state index in [1.807, 2.05) is 13.8 Å². The molecule has 0 spiro atoms. The number of fused-ring (bicyclic) bond motifs is 3. The van der Waals surface area contributed by atoms with Crippen molar-refractivity contribution in [2.45, 2.75) is 19.4 Å². The summed E-state index contributed by atoms with van der Waals surface area (Å²) in [5.41, 5.74) is 1.04. The zero-order chi connectivity index (χ0) is 24.2. The molecule has 0 bridgehead atoms. The van der Waals surface area contributed by atoms with Crippen LogP contribution in [0.25, 0.3) is 22.6 Å². The number of ether oxygens (including phenoxy) is 1. The van der Waals surface area contributed by atoms with Gasteiger partial charge in [0.15, 0.2) is 0 Å². The first-order chi connectivity index (χ1) is 16.1. The van der Waals surface area contributed by atoms with Gasteiger partial charge in [0.25, 0.3) is 0 Å². The molecule has 0 saturated carbocycles. The van der Waals surface area contributed by atoms with E-state index in [0.717, 1.165) is 0 Å². The van der Waals surface area contributed by atoms with E-state index in [2.05, 4.69) is 21.8 Å². The quantitative estimate of drug-likeness (QED) is 0.235. The van der Waals surface area contributed by atoms with Crippen molar-refractivity contribution in [2.75, 3.05) is 0 Å². The molecule has 0 aliphatic carbocycles. The van der Waals surface area contributed by atoms with Gasteiger partial charge in [0.1, 0.15) is 46.1 Å². The van der Waals surface area contributed by atoms with Gasteiger partial charge in [-0.1, -0.05) is 29.5 Å². The van der Waals surface area contributed by atoms with Crippen molar-refractivity contribution >= 4 is 11.6 Å². The average molecular weight is 483 g/mol. The van der Waals surface area contributed by atoms with Crippen LogP contribution in [-0.4, -0.2) is 9.97 Å². The van der Waals surface area contributed by atoms with Crippen LogP contribution >= 0.6 is 11.6 Å². The largest absolute Gasteiger partial charge is 0.481 e. The van der Waals surface area contributed by atoms with Gasteiger partial charge in [-0.05, 0) is 44.2 Å². The smallest absolute Gasteiger partial charge is 0.147 e. The highest BCUT2D eigenvalue weighted by Crippen LogP contribution is 2.45. The van der Waals surface area contributed by atoms with Crippen LogP contribution in [0.5, 0.6) is 5.75 Å². The van der Waals surface area contributed by atoms with Gasteiger partial charge in [-0.15, -0.1) is 0 Å². The number of nitrogens with zero attached hydrogens (tertiary/aromatic N) is 1. The van der Waals surface area contributed by atoms with Crippen LogP contribution in [0.4, 0.5) is 17.6 Å². The molecule has 1 aromatic heterocycles. The maximum Gasteiger partial charge on any atom is 0.147 e. The van der Waals surface area contributed by atoms with Gasteiger partial charge in [-0.3, -0.25) is 0 Å². The molecule has 170 valence electrons. The number of rotatable bonds is 1. The van der Waals surface area contributed by atoms with Crippen molar-refractivity contribution in [3.63, 3.8) is 0 Å². The van der Waals surface area contributed by atoms with Crippen molar-refractivity contribution in [3.05, 3.63) is 93.6 Å². The second kappa shape index (κ2) is 7.93. The summed E-state index contributed by atoms with van der Waals surface area (Å²) in [6.45, 7) is 3.62. The fourth-order valence-electron chi connectivity index (χ4n) is 3.86. The molecule has 0 unspecified atom stereocenters. The Balaban J connectivity index is 1.58. The molecule has 2 heterocycles. The Bertz CT molecular complexity index is 1490. The van der Waals surface area contributed by atoms with Crippen molar-refractivity contribution in [2.24, 2.45) is 0 Å². The van der Waals surface area contributed by atoms with Crippen LogP contribution in [0.15, 0.2) is 48.5 Å². The normalized spacial score (nSPS) is 13.4. The second-order valence-corrected chi connectivity index (χ2v) is 8.63. The molecule has 0 saturated heterocycles. The number of hydrogen-bond donors (Lipinski definition) is 1. The van der Waals surface area contributed by atoms with Gasteiger partial charge in [-0.25, -0.2) is 22.5 Å². The maximum absolute atomic E-state index is 14.5. The summed E-state index contributed by atoms with van der Waals surface area (Å²) in [7, 11) is 0. The Morgan fingerprint density at radius 2 is 1.68 bits per heavy atom. The molecule has 4 aromatic rings. The van der Waals surface area contributed by atoms with Crippen molar-refractivity contribution < 1.29 is 22.3 Å². The van der Waals surface area contributed by atoms with E-state index in [-0.39, 0.29) is 16.4 Å². The van der Waals surface area contributed by atoms with Gasteiger partial charge >= 0.3 is 0 Å². The van der Waals surface area contributed by atoms with E-state index in [9.17, 15) is 17.6 Å². The molecule has 5 rings (SSSR count). The molecule has 1 aliphatic rings. The highest BCUT2D eigenvalue weighted by molar-refractivity contribution is 6.33. The number of H-pyrrole nitrogens is 1. The first-order valence-corrected chi connectivity index (χ1v) is 10.6. The summed E-state index contributed by atoms with van der Waals surface area (Å²) in [5, 5.41) is 0.218. The first kappa shape index (κ1) is 22.1. The summed E-state index contributed by atoms with van der Waals surface area (Å²) in [5.74, 6) is 2.13. The fraction of sp³-hybridized carbons (Fsp3) is 0.115. The van der Waals surface area contributed by atoms with E-state index in [0.29, 0.717) is 40.4 Å². The van der Waals surface area contributed by atoms with Gasteiger partial charge in [0.2, 0.25) is 0 Å². The van der Waals surface area contributed by atoms with E-state index in [1.165, 1.54) is 12.1 Å². The number of hydrogen-bond acceptors (Lipinski definition) is 2. The number of aromatic nitrogens is 2. The number of nitrogens with one attached hydrogen (secondary N) is 1. The predicted molar refractivity (Wildman–Crippen MR) is 120 cm³/mol. The Hall–Kier alpha value is -3.76. The lowest BCUT2D eigenvalue weighted by Crippen LogP contribution is -2.29. The van der Waals surface area contributed by atoms with E-state index in [4.69, 9.17) is 16.3 Å². The van der Waals surface area contributed by atoms with Gasteiger partial charge < -0.3 is 9.72 Å².